The maximum absolute atomic E-state index is 2.33. The average molecular weight is 1550 g/mol. The molecule has 0 bridgehead atoms. The van der Waals surface area contributed by atoms with Crippen LogP contribution >= 0.6 is 0 Å². The van der Waals surface area contributed by atoms with Gasteiger partial charge in [-0.2, -0.15) is 0 Å². The summed E-state index contributed by atoms with van der Waals surface area (Å²) in [7, 11) is 0. The molecule has 23 aromatic rings. The Morgan fingerprint density at radius 3 is 0.254 bits per heavy atom. The lowest BCUT2D eigenvalue weighted by Gasteiger charge is -2.22. The minimum atomic E-state index is 1.21. The van der Waals surface area contributed by atoms with Gasteiger partial charge in [0.2, 0.25) is 0 Å². The third kappa shape index (κ3) is 13.2. The second kappa shape index (κ2) is 31.5. The highest BCUT2D eigenvalue weighted by atomic mass is 14.3. The van der Waals surface area contributed by atoms with Gasteiger partial charge in [-0.25, -0.2) is 0 Å². The van der Waals surface area contributed by atoms with Crippen LogP contribution in [0.1, 0.15) is 0 Å². The van der Waals surface area contributed by atoms with E-state index in [1.165, 1.54) is 231 Å². The fourth-order valence-corrected chi connectivity index (χ4v) is 19.3. The van der Waals surface area contributed by atoms with E-state index in [0.717, 1.165) is 0 Å². The zero-order valence-corrected chi connectivity index (χ0v) is 67.2. The van der Waals surface area contributed by atoms with Crippen molar-refractivity contribution in [1.82, 2.24) is 0 Å². The Labute approximate surface area is 711 Å². The summed E-state index contributed by atoms with van der Waals surface area (Å²) in [6, 6.07) is 178. The molecule has 0 aromatic heterocycles. The van der Waals surface area contributed by atoms with E-state index in [-0.39, 0.29) is 0 Å². The molecule has 0 N–H and O–H groups in total. The molecule has 0 radical (unpaired) electrons. The van der Waals surface area contributed by atoms with E-state index in [1.807, 2.05) is 0 Å². The Hall–Kier alpha value is -15.9. The fraction of sp³-hybridized carbons (Fsp3) is 0. The lowest BCUT2D eigenvalue weighted by atomic mass is 9.81. The zero-order chi connectivity index (χ0) is 80.8. The Kier molecular flexibility index (Phi) is 18.8. The van der Waals surface area contributed by atoms with E-state index in [0.29, 0.717) is 0 Å². The lowest BCUT2D eigenvalue weighted by Crippen LogP contribution is -1.94. The van der Waals surface area contributed by atoms with E-state index in [1.54, 1.807) is 0 Å². The quantitative estimate of drug-likeness (QED) is 0.101. The number of rotatable bonds is 13. The van der Waals surface area contributed by atoms with Crippen molar-refractivity contribution in [3.05, 3.63) is 485 Å². The molecular weight excluding hydrogens is 1470 g/mol. The standard InChI is InChI=1S/C64H42.C58H38/c1-3-15-43(16-4-1)45-27-31-47(32-28-45)49-35-39-51(40-36-49)61-53-19-7-11-23-57(53)63(58-24-12-8-20-54(58)61)64-59-25-13-9-21-55(59)62(56-22-10-14-26-60(56)64)52-41-37-50(38-42-52)48-33-29-46(30-34-48)44-17-5-2-6-18-44;1-3-15-39(16-4-1)41-27-31-43(32-28-41)55-47-19-7-11-23-51(47)57(52-24-12-8-20-48(52)55)45-35-37-46(38-36-45)58-53-25-13-9-21-49(53)56(50-22-10-14-26-54(50)58)44-33-29-42(30-34-44)40-17-5-2-6-18-40/h1-42H;1-38H. The Morgan fingerprint density at radius 1 is 0.0574 bits per heavy atom. The highest BCUT2D eigenvalue weighted by Crippen LogP contribution is 2.52. The Morgan fingerprint density at radius 2 is 0.139 bits per heavy atom. The zero-order valence-electron chi connectivity index (χ0n) is 67.2. The van der Waals surface area contributed by atoms with Crippen LogP contribution in [0, 0.1) is 0 Å². The van der Waals surface area contributed by atoms with Gasteiger partial charge < -0.3 is 0 Å². The van der Waals surface area contributed by atoms with Crippen LogP contribution in [0.3, 0.4) is 0 Å². The van der Waals surface area contributed by atoms with E-state index < -0.39 is 0 Å². The summed E-state index contributed by atoms with van der Waals surface area (Å²) in [5, 5.41) is 20.1. The molecule has 0 aliphatic carbocycles. The van der Waals surface area contributed by atoms with Gasteiger partial charge in [0.05, 0.1) is 0 Å². The van der Waals surface area contributed by atoms with Gasteiger partial charge in [0.15, 0.2) is 0 Å². The van der Waals surface area contributed by atoms with Gasteiger partial charge in [0.1, 0.15) is 0 Å². The van der Waals surface area contributed by atoms with Gasteiger partial charge in [0, 0.05) is 0 Å². The molecule has 23 aromatic carbocycles. The first-order chi connectivity index (χ1) is 60.6. The first kappa shape index (κ1) is 72.6. The van der Waals surface area contributed by atoms with Gasteiger partial charge >= 0.3 is 0 Å². The van der Waals surface area contributed by atoms with Gasteiger partial charge in [-0.3, -0.25) is 0 Å². The molecule has 0 aliphatic heterocycles. The number of benzene rings is 23. The monoisotopic (exact) mass is 1540 g/mol. The summed E-state index contributed by atoms with van der Waals surface area (Å²) in [6.45, 7) is 0. The van der Waals surface area contributed by atoms with Crippen LogP contribution in [0.2, 0.25) is 0 Å². The smallest absolute Gasteiger partial charge is 0.00139 e. The molecule has 0 heterocycles. The van der Waals surface area contributed by atoms with Gasteiger partial charge in [-0.15, -0.1) is 0 Å². The number of hydrogen-bond acceptors (Lipinski definition) is 0. The van der Waals surface area contributed by atoms with Gasteiger partial charge in [-0.1, -0.05) is 485 Å². The number of hydrogen-bond donors (Lipinski definition) is 0. The van der Waals surface area contributed by atoms with Crippen molar-refractivity contribution < 1.29 is 0 Å². The lowest BCUT2D eigenvalue weighted by molar-refractivity contribution is 1.59. The summed E-state index contributed by atoms with van der Waals surface area (Å²) in [5.74, 6) is 0. The fourth-order valence-electron chi connectivity index (χ4n) is 19.3. The summed E-state index contributed by atoms with van der Waals surface area (Å²) < 4.78 is 0. The van der Waals surface area contributed by atoms with E-state index >= 15 is 0 Å². The van der Waals surface area contributed by atoms with Crippen LogP contribution in [-0.4, -0.2) is 0 Å². The predicted molar refractivity (Wildman–Crippen MR) is 524 cm³/mol. The molecule has 0 unspecified atom stereocenters. The molecule has 0 heteroatoms. The highest BCUT2D eigenvalue weighted by molar-refractivity contribution is 6.31. The summed E-state index contributed by atoms with van der Waals surface area (Å²) in [4.78, 5) is 0. The Balaban J connectivity index is 0.000000146. The molecule has 0 fully saturated rings. The van der Waals surface area contributed by atoms with Gasteiger partial charge in [0.25, 0.3) is 0 Å². The predicted octanol–water partition coefficient (Wildman–Crippen LogP) is 34.3. The normalized spacial score (nSPS) is 11.4. The first-order valence-electron chi connectivity index (χ1n) is 42.3. The summed E-state index contributed by atoms with van der Waals surface area (Å²) in [5.41, 5.74) is 32.1. The van der Waals surface area contributed by atoms with E-state index in [9.17, 15) is 0 Å². The van der Waals surface area contributed by atoms with Crippen molar-refractivity contribution in [3.63, 3.8) is 0 Å². The van der Waals surface area contributed by atoms with Gasteiger partial charge in [-0.05, 0) is 231 Å². The van der Waals surface area contributed by atoms with Crippen molar-refractivity contribution in [1.29, 1.82) is 0 Å². The van der Waals surface area contributed by atoms with Crippen LogP contribution in [0.4, 0.5) is 0 Å². The van der Waals surface area contributed by atoms with Crippen LogP contribution in [0.15, 0.2) is 485 Å². The van der Waals surface area contributed by atoms with Crippen molar-refractivity contribution in [2.24, 2.45) is 0 Å². The molecule has 0 aliphatic rings. The first-order valence-corrected chi connectivity index (χ1v) is 42.3. The topological polar surface area (TPSA) is 0 Å². The molecule has 0 amide bonds. The average Bonchev–Trinajstić information content (AvgIpc) is 0.711. The van der Waals surface area contributed by atoms with Crippen molar-refractivity contribution in [3.8, 4) is 145 Å². The second-order valence-electron chi connectivity index (χ2n) is 31.9. The maximum atomic E-state index is 2.33. The van der Waals surface area contributed by atoms with Crippen LogP contribution in [-0.2, 0) is 0 Å². The van der Waals surface area contributed by atoms with Crippen LogP contribution in [0.5, 0.6) is 0 Å². The molecule has 23 rings (SSSR count). The molecule has 0 atom stereocenters. The third-order valence-electron chi connectivity index (χ3n) is 25.0. The molecule has 0 spiro atoms. The Bertz CT molecular complexity index is 7150. The molecule has 122 heavy (non-hydrogen) atoms. The second-order valence-corrected chi connectivity index (χ2v) is 31.9. The number of fused-ring (bicyclic) bond motifs is 8. The van der Waals surface area contributed by atoms with Crippen molar-refractivity contribution >= 4 is 86.2 Å². The highest BCUT2D eigenvalue weighted by Gasteiger charge is 2.25. The van der Waals surface area contributed by atoms with Crippen LogP contribution in [0.25, 0.3) is 231 Å². The SMILES string of the molecule is c1ccc(-c2ccc(-c3c4ccccc4c(-c4ccc(-c5c6ccccc6c(-c6ccc(-c7ccccc7)cc6)c6ccccc56)cc4)c4ccccc34)cc2)cc1.c1ccc(-c2ccc(-c3ccc(-c4c5ccccc5c(-c5c6ccccc6c(-c6ccc(-c7ccc(-c8ccccc8)cc7)cc6)c6ccccc56)c5ccccc45)cc3)cc2)cc1. The summed E-state index contributed by atoms with van der Waals surface area (Å²) in [6.07, 6.45) is 0. The van der Waals surface area contributed by atoms with E-state index in [2.05, 4.69) is 485 Å². The molecule has 568 valence electrons. The molecular formula is C122H80. The van der Waals surface area contributed by atoms with Crippen LogP contribution < -0.4 is 0 Å². The van der Waals surface area contributed by atoms with Crippen molar-refractivity contribution in [2.75, 3.05) is 0 Å². The maximum Gasteiger partial charge on any atom is -0.00139 e. The minimum Gasteiger partial charge on any atom is -0.0622 e. The summed E-state index contributed by atoms with van der Waals surface area (Å²) >= 11 is 0. The minimum absolute atomic E-state index is 1.21. The third-order valence-corrected chi connectivity index (χ3v) is 25.0. The molecule has 0 saturated carbocycles. The largest absolute Gasteiger partial charge is 0.0622 e. The van der Waals surface area contributed by atoms with Crippen molar-refractivity contribution in [2.45, 2.75) is 0 Å². The molecule has 0 nitrogen and oxygen atoms in total. The van der Waals surface area contributed by atoms with E-state index in [4.69, 9.17) is 0 Å². The molecule has 0 saturated heterocycles.